The van der Waals surface area contributed by atoms with Gasteiger partial charge < -0.3 is 9.84 Å². The van der Waals surface area contributed by atoms with Crippen LogP contribution in [0.1, 0.15) is 12.0 Å². The molecular formula is C12H14BrNO3. The van der Waals surface area contributed by atoms with Crippen LogP contribution in [0.25, 0.3) is 0 Å². The van der Waals surface area contributed by atoms with E-state index in [1.54, 1.807) is 4.90 Å². The maximum absolute atomic E-state index is 11.7. The second kappa shape index (κ2) is 5.06. The predicted octanol–water partition coefficient (Wildman–Crippen LogP) is 2.47. The summed E-state index contributed by atoms with van der Waals surface area (Å²) in [6, 6.07) is 5.72. The first-order valence-electron chi connectivity index (χ1n) is 5.47. The van der Waals surface area contributed by atoms with Crippen molar-refractivity contribution in [2.75, 3.05) is 18.1 Å². The van der Waals surface area contributed by atoms with Crippen LogP contribution in [-0.2, 0) is 4.74 Å². The molecule has 0 spiro atoms. The number of hydrogen-bond acceptors (Lipinski definition) is 3. The quantitative estimate of drug-likeness (QED) is 0.913. The van der Waals surface area contributed by atoms with Gasteiger partial charge in [-0.2, -0.15) is 0 Å². The summed E-state index contributed by atoms with van der Waals surface area (Å²) in [5.41, 5.74) is 1.90. The first-order chi connectivity index (χ1) is 8.11. The van der Waals surface area contributed by atoms with Gasteiger partial charge in [-0.1, -0.05) is 15.9 Å². The number of cyclic esters (lactones) is 1. The average molecular weight is 300 g/mol. The van der Waals surface area contributed by atoms with E-state index in [1.807, 2.05) is 25.1 Å². The smallest absolute Gasteiger partial charge is 0.414 e. The molecule has 0 radical (unpaired) electrons. The molecule has 1 aliphatic rings. The third kappa shape index (κ3) is 2.61. The summed E-state index contributed by atoms with van der Waals surface area (Å²) in [5, 5.41) is 8.94. The minimum atomic E-state index is -0.392. The Bertz CT molecular complexity index is 436. The van der Waals surface area contributed by atoms with Crippen molar-refractivity contribution in [1.29, 1.82) is 0 Å². The minimum Gasteiger partial charge on any atom is -0.443 e. The van der Waals surface area contributed by atoms with Gasteiger partial charge in [-0.05, 0) is 30.7 Å². The van der Waals surface area contributed by atoms with E-state index in [9.17, 15) is 4.79 Å². The van der Waals surface area contributed by atoms with Crippen LogP contribution >= 0.6 is 15.9 Å². The molecule has 1 amide bonds. The molecule has 0 saturated carbocycles. The van der Waals surface area contributed by atoms with Crippen LogP contribution < -0.4 is 4.90 Å². The number of carbonyl (C=O) groups is 1. The number of aryl methyl sites for hydroxylation is 1. The van der Waals surface area contributed by atoms with Crippen LogP contribution in [0.4, 0.5) is 10.5 Å². The first kappa shape index (κ1) is 12.4. The summed E-state index contributed by atoms with van der Waals surface area (Å²) in [4.78, 5) is 13.3. The zero-order valence-electron chi connectivity index (χ0n) is 9.52. The molecule has 0 aromatic heterocycles. The Balaban J connectivity index is 2.17. The maximum atomic E-state index is 11.7. The Morgan fingerprint density at radius 2 is 2.35 bits per heavy atom. The maximum Gasteiger partial charge on any atom is 0.414 e. The van der Waals surface area contributed by atoms with Crippen molar-refractivity contribution in [2.45, 2.75) is 19.4 Å². The molecule has 1 atom stereocenters. The fraction of sp³-hybridized carbons (Fsp3) is 0.417. The summed E-state index contributed by atoms with van der Waals surface area (Å²) in [5.74, 6) is 0. The van der Waals surface area contributed by atoms with Crippen molar-refractivity contribution < 1.29 is 14.6 Å². The Morgan fingerprint density at radius 1 is 1.59 bits per heavy atom. The summed E-state index contributed by atoms with van der Waals surface area (Å²) in [6.07, 6.45) is -0.107. The summed E-state index contributed by atoms with van der Waals surface area (Å²) < 4.78 is 6.11. The van der Waals surface area contributed by atoms with Crippen molar-refractivity contribution in [2.24, 2.45) is 0 Å². The van der Waals surface area contributed by atoms with E-state index >= 15 is 0 Å². The summed E-state index contributed by atoms with van der Waals surface area (Å²) >= 11 is 3.42. The minimum absolute atomic E-state index is 0.112. The topological polar surface area (TPSA) is 49.8 Å². The SMILES string of the molecule is Cc1cc(N2CCC(CO)OC2=O)ccc1Br. The van der Waals surface area contributed by atoms with Crippen LogP contribution in [0.5, 0.6) is 0 Å². The molecule has 2 rings (SSSR count). The fourth-order valence-electron chi connectivity index (χ4n) is 1.79. The fourth-order valence-corrected chi connectivity index (χ4v) is 2.04. The predicted molar refractivity (Wildman–Crippen MR) is 68.2 cm³/mol. The number of rotatable bonds is 2. The molecule has 0 bridgehead atoms. The molecule has 92 valence electrons. The number of anilines is 1. The number of hydrogen-bond donors (Lipinski definition) is 1. The zero-order valence-corrected chi connectivity index (χ0v) is 11.1. The van der Waals surface area contributed by atoms with E-state index in [0.717, 1.165) is 15.7 Å². The molecule has 17 heavy (non-hydrogen) atoms. The van der Waals surface area contributed by atoms with Crippen molar-refractivity contribution in [1.82, 2.24) is 0 Å². The van der Waals surface area contributed by atoms with E-state index in [0.29, 0.717) is 13.0 Å². The van der Waals surface area contributed by atoms with E-state index < -0.39 is 6.09 Å². The van der Waals surface area contributed by atoms with Crippen LogP contribution in [0, 0.1) is 6.92 Å². The van der Waals surface area contributed by atoms with Gasteiger partial charge in [0.1, 0.15) is 6.10 Å². The number of carbonyl (C=O) groups excluding carboxylic acids is 1. The largest absolute Gasteiger partial charge is 0.443 e. The van der Waals surface area contributed by atoms with Gasteiger partial charge in [-0.25, -0.2) is 4.79 Å². The Hall–Kier alpha value is -1.07. The van der Waals surface area contributed by atoms with Gasteiger partial charge in [0.2, 0.25) is 0 Å². The van der Waals surface area contributed by atoms with Gasteiger partial charge in [0.25, 0.3) is 0 Å². The summed E-state index contributed by atoms with van der Waals surface area (Å²) in [7, 11) is 0. The second-order valence-corrected chi connectivity index (χ2v) is 4.92. The monoisotopic (exact) mass is 299 g/mol. The number of halogens is 1. The molecular weight excluding hydrogens is 286 g/mol. The van der Waals surface area contributed by atoms with Crippen LogP contribution in [0.2, 0.25) is 0 Å². The molecule has 1 unspecified atom stereocenters. The molecule has 1 saturated heterocycles. The lowest BCUT2D eigenvalue weighted by Crippen LogP contribution is -2.43. The van der Waals surface area contributed by atoms with Crippen molar-refractivity contribution in [3.05, 3.63) is 28.2 Å². The van der Waals surface area contributed by atoms with E-state index in [4.69, 9.17) is 9.84 Å². The number of aliphatic hydroxyl groups is 1. The molecule has 1 N–H and O–H groups in total. The molecule has 1 aromatic rings. The molecule has 1 fully saturated rings. The lowest BCUT2D eigenvalue weighted by molar-refractivity contribution is 0.0453. The highest BCUT2D eigenvalue weighted by molar-refractivity contribution is 9.10. The van der Waals surface area contributed by atoms with Gasteiger partial charge >= 0.3 is 6.09 Å². The third-order valence-corrected chi connectivity index (χ3v) is 3.71. The molecule has 4 nitrogen and oxygen atoms in total. The van der Waals surface area contributed by atoms with E-state index in [-0.39, 0.29) is 12.7 Å². The van der Waals surface area contributed by atoms with Gasteiger partial charge in [0.05, 0.1) is 6.61 Å². The molecule has 1 heterocycles. The zero-order chi connectivity index (χ0) is 12.4. The molecule has 0 aliphatic carbocycles. The summed E-state index contributed by atoms with van der Waals surface area (Å²) in [6.45, 7) is 2.43. The lowest BCUT2D eigenvalue weighted by Gasteiger charge is -2.31. The van der Waals surface area contributed by atoms with Crippen LogP contribution in [-0.4, -0.2) is 30.5 Å². The number of ether oxygens (including phenoxy) is 1. The number of nitrogens with zero attached hydrogens (tertiary/aromatic N) is 1. The van der Waals surface area contributed by atoms with E-state index in [2.05, 4.69) is 15.9 Å². The normalized spacial score (nSPS) is 20.3. The molecule has 5 heteroatoms. The Kier molecular flexibility index (Phi) is 3.69. The number of benzene rings is 1. The van der Waals surface area contributed by atoms with Gasteiger partial charge in [0.15, 0.2) is 0 Å². The number of amides is 1. The van der Waals surface area contributed by atoms with Crippen LogP contribution in [0.15, 0.2) is 22.7 Å². The Morgan fingerprint density at radius 3 is 2.94 bits per heavy atom. The lowest BCUT2D eigenvalue weighted by atomic mass is 10.1. The van der Waals surface area contributed by atoms with E-state index in [1.165, 1.54) is 0 Å². The standard InChI is InChI=1S/C12H14BrNO3/c1-8-6-9(2-3-11(8)13)14-5-4-10(7-15)17-12(14)16/h2-3,6,10,15H,4-5,7H2,1H3. The van der Waals surface area contributed by atoms with Gasteiger partial charge in [0, 0.05) is 23.1 Å². The van der Waals surface area contributed by atoms with Gasteiger partial charge in [-0.3, -0.25) is 4.90 Å². The highest BCUT2D eigenvalue weighted by atomic mass is 79.9. The van der Waals surface area contributed by atoms with Crippen molar-refractivity contribution in [3.8, 4) is 0 Å². The van der Waals surface area contributed by atoms with Crippen LogP contribution in [0.3, 0.4) is 0 Å². The molecule has 1 aromatic carbocycles. The first-order valence-corrected chi connectivity index (χ1v) is 6.26. The number of aliphatic hydroxyl groups excluding tert-OH is 1. The van der Waals surface area contributed by atoms with Crippen molar-refractivity contribution >= 4 is 27.7 Å². The van der Waals surface area contributed by atoms with Gasteiger partial charge in [-0.15, -0.1) is 0 Å². The second-order valence-electron chi connectivity index (χ2n) is 4.06. The molecule has 1 aliphatic heterocycles. The highest BCUT2D eigenvalue weighted by Crippen LogP contribution is 2.25. The van der Waals surface area contributed by atoms with Crippen molar-refractivity contribution in [3.63, 3.8) is 0 Å². The highest BCUT2D eigenvalue weighted by Gasteiger charge is 2.27. The Labute approximate surface area is 108 Å². The average Bonchev–Trinajstić information content (AvgIpc) is 2.32. The third-order valence-electron chi connectivity index (χ3n) is 2.82.